The van der Waals surface area contributed by atoms with Gasteiger partial charge >= 0.3 is 0 Å². The summed E-state index contributed by atoms with van der Waals surface area (Å²) in [5.74, 6) is -0.245. The molecule has 0 spiro atoms. The van der Waals surface area contributed by atoms with Crippen molar-refractivity contribution in [2.45, 2.75) is 22.7 Å². The number of carbonyl (C=O) groups is 1. The summed E-state index contributed by atoms with van der Waals surface area (Å²) in [6, 6.07) is 13.2. The first kappa shape index (κ1) is 16.5. The first-order valence-electron chi connectivity index (χ1n) is 7.33. The van der Waals surface area contributed by atoms with E-state index in [4.69, 9.17) is 0 Å². The van der Waals surface area contributed by atoms with Gasteiger partial charge in [-0.1, -0.05) is 24.3 Å². The van der Waals surface area contributed by atoms with Gasteiger partial charge in [-0.05, 0) is 24.6 Å². The molecule has 0 saturated carbocycles. The zero-order valence-electron chi connectivity index (χ0n) is 13.2. The van der Waals surface area contributed by atoms with Gasteiger partial charge in [0.2, 0.25) is 5.91 Å². The molecule has 1 aliphatic heterocycles. The number of nitrogens with zero attached hydrogens (tertiary/aromatic N) is 2. The zero-order valence-corrected chi connectivity index (χ0v) is 14.0. The van der Waals surface area contributed by atoms with E-state index in [1.54, 1.807) is 20.0 Å². The van der Waals surface area contributed by atoms with Gasteiger partial charge < -0.3 is 10.0 Å². The normalized spacial score (nSPS) is 21.3. The minimum Gasteiger partial charge on any atom is -0.386 e. The van der Waals surface area contributed by atoms with Crippen LogP contribution in [0.2, 0.25) is 0 Å². The number of fused-ring (bicyclic) bond motifs is 1. The number of rotatable bonds is 3. The van der Waals surface area contributed by atoms with Crippen LogP contribution in [0, 0.1) is 10.1 Å². The number of hydrogen-bond acceptors (Lipinski definition) is 5. The summed E-state index contributed by atoms with van der Waals surface area (Å²) in [7, 11) is 1.67. The molecule has 7 heteroatoms. The average Bonchev–Trinajstić information content (AvgIpc) is 2.59. The van der Waals surface area contributed by atoms with Crippen LogP contribution in [0.3, 0.4) is 0 Å². The molecule has 24 heavy (non-hydrogen) atoms. The lowest BCUT2D eigenvalue weighted by Crippen LogP contribution is -2.49. The smallest absolute Gasteiger partial charge is 0.269 e. The number of nitro groups is 1. The van der Waals surface area contributed by atoms with Crippen molar-refractivity contribution in [2.75, 3.05) is 11.9 Å². The third-order valence-corrected chi connectivity index (χ3v) is 5.58. The van der Waals surface area contributed by atoms with Gasteiger partial charge in [-0.3, -0.25) is 14.9 Å². The van der Waals surface area contributed by atoms with Crippen molar-refractivity contribution in [3.8, 4) is 0 Å². The maximum Gasteiger partial charge on any atom is 0.269 e. The number of non-ortho nitro benzene ring substituents is 1. The summed E-state index contributed by atoms with van der Waals surface area (Å²) in [5, 5.41) is 21.8. The van der Waals surface area contributed by atoms with E-state index < -0.39 is 15.8 Å². The van der Waals surface area contributed by atoms with Crippen molar-refractivity contribution < 1.29 is 14.8 Å². The predicted molar refractivity (Wildman–Crippen MR) is 92.2 cm³/mol. The highest BCUT2D eigenvalue weighted by Gasteiger charge is 2.48. The molecule has 0 saturated heterocycles. The van der Waals surface area contributed by atoms with Crippen LogP contribution in [0.25, 0.3) is 0 Å². The van der Waals surface area contributed by atoms with Crippen molar-refractivity contribution in [2.24, 2.45) is 0 Å². The second kappa shape index (κ2) is 5.92. The van der Waals surface area contributed by atoms with E-state index in [0.717, 1.165) is 10.6 Å². The molecule has 1 aliphatic rings. The van der Waals surface area contributed by atoms with Crippen molar-refractivity contribution in [1.29, 1.82) is 0 Å². The number of aliphatic hydroxyl groups is 1. The predicted octanol–water partition coefficient (Wildman–Crippen LogP) is 3.16. The number of nitro benzene ring substituents is 1. The van der Waals surface area contributed by atoms with E-state index >= 15 is 0 Å². The van der Waals surface area contributed by atoms with E-state index in [2.05, 4.69) is 0 Å². The molecular weight excluding hydrogens is 328 g/mol. The summed E-state index contributed by atoms with van der Waals surface area (Å²) in [4.78, 5) is 25.7. The SMILES string of the molecule is CN1C(=O)[C@@](C)([C@H](O)c2cccc([N+](=O)[O-])c2)Sc2ccccc21. The molecule has 3 rings (SSSR count). The summed E-state index contributed by atoms with van der Waals surface area (Å²) in [6.07, 6.45) is -1.18. The van der Waals surface area contributed by atoms with Gasteiger partial charge in [0.05, 0.1) is 10.6 Å². The molecule has 6 nitrogen and oxygen atoms in total. The molecule has 0 radical (unpaired) electrons. The first-order chi connectivity index (χ1) is 11.3. The van der Waals surface area contributed by atoms with E-state index in [1.165, 1.54) is 34.9 Å². The summed E-state index contributed by atoms with van der Waals surface area (Å²) < 4.78 is -1.17. The molecule has 2 aromatic rings. The fourth-order valence-electron chi connectivity index (χ4n) is 2.83. The van der Waals surface area contributed by atoms with Crippen LogP contribution in [0.15, 0.2) is 53.4 Å². The van der Waals surface area contributed by atoms with Gasteiger partial charge in [0, 0.05) is 24.1 Å². The molecule has 0 aromatic heterocycles. The number of anilines is 1. The molecule has 0 aliphatic carbocycles. The molecule has 0 bridgehead atoms. The molecule has 2 atom stereocenters. The number of hydrogen-bond donors (Lipinski definition) is 1. The Labute approximate surface area is 143 Å². The van der Waals surface area contributed by atoms with E-state index in [1.807, 2.05) is 24.3 Å². The van der Waals surface area contributed by atoms with E-state index in [0.29, 0.717) is 5.56 Å². The number of carbonyl (C=O) groups excluding carboxylic acids is 1. The molecule has 0 fully saturated rings. The lowest BCUT2D eigenvalue weighted by atomic mass is 9.94. The van der Waals surface area contributed by atoms with Crippen LogP contribution in [-0.2, 0) is 4.79 Å². The second-order valence-electron chi connectivity index (χ2n) is 5.80. The monoisotopic (exact) mass is 344 g/mol. The van der Waals surface area contributed by atoms with E-state index in [9.17, 15) is 20.0 Å². The van der Waals surface area contributed by atoms with Gasteiger partial charge in [-0.25, -0.2) is 0 Å². The Hall–Kier alpha value is -2.38. The molecular formula is C17H16N2O4S. The Morgan fingerprint density at radius 1 is 1.25 bits per heavy atom. The number of aliphatic hydroxyl groups excluding tert-OH is 1. The largest absolute Gasteiger partial charge is 0.386 e. The number of para-hydroxylation sites is 1. The van der Waals surface area contributed by atoms with Crippen molar-refractivity contribution in [3.05, 3.63) is 64.2 Å². The molecule has 124 valence electrons. The lowest BCUT2D eigenvalue weighted by Gasteiger charge is -2.40. The fraction of sp³-hybridized carbons (Fsp3) is 0.235. The minimum absolute atomic E-state index is 0.114. The van der Waals surface area contributed by atoms with Gasteiger partial charge in [0.25, 0.3) is 5.69 Å². The Bertz CT molecular complexity index is 826. The van der Waals surface area contributed by atoms with Crippen LogP contribution in [-0.4, -0.2) is 27.7 Å². The summed E-state index contributed by atoms with van der Waals surface area (Å²) in [5.41, 5.74) is 1.02. The molecule has 1 N–H and O–H groups in total. The van der Waals surface area contributed by atoms with Crippen LogP contribution < -0.4 is 4.90 Å². The number of benzene rings is 2. The fourth-order valence-corrected chi connectivity index (χ4v) is 4.22. The van der Waals surface area contributed by atoms with Gasteiger partial charge in [0.15, 0.2) is 0 Å². The Kier molecular flexibility index (Phi) is 4.06. The highest BCUT2D eigenvalue weighted by Crippen LogP contribution is 2.50. The van der Waals surface area contributed by atoms with Crippen molar-refractivity contribution >= 4 is 29.0 Å². The molecule has 2 aromatic carbocycles. The standard InChI is InChI=1S/C17H16N2O4S/c1-17(15(20)11-6-5-7-12(10-11)19(22)23)16(21)18(2)13-8-3-4-9-14(13)24-17/h3-10,15,20H,1-2H3/t15-,17-/m1/s1. The molecule has 0 unspecified atom stereocenters. The quantitative estimate of drug-likeness (QED) is 0.683. The Morgan fingerprint density at radius 2 is 1.96 bits per heavy atom. The van der Waals surface area contributed by atoms with Gasteiger partial charge in [-0.2, -0.15) is 0 Å². The zero-order chi connectivity index (χ0) is 17.5. The lowest BCUT2D eigenvalue weighted by molar-refractivity contribution is -0.385. The van der Waals surface area contributed by atoms with Crippen LogP contribution >= 0.6 is 11.8 Å². The summed E-state index contributed by atoms with van der Waals surface area (Å²) >= 11 is 1.28. The van der Waals surface area contributed by atoms with Crippen molar-refractivity contribution in [1.82, 2.24) is 0 Å². The maximum atomic E-state index is 12.9. The van der Waals surface area contributed by atoms with Gasteiger partial charge in [-0.15, -0.1) is 11.8 Å². The minimum atomic E-state index is -1.18. The number of thioether (sulfide) groups is 1. The molecule has 1 heterocycles. The highest BCUT2D eigenvalue weighted by molar-refractivity contribution is 8.01. The maximum absolute atomic E-state index is 12.9. The number of amides is 1. The van der Waals surface area contributed by atoms with E-state index in [-0.39, 0.29) is 11.6 Å². The average molecular weight is 344 g/mol. The first-order valence-corrected chi connectivity index (χ1v) is 8.15. The van der Waals surface area contributed by atoms with Crippen LogP contribution in [0.4, 0.5) is 11.4 Å². The third kappa shape index (κ3) is 2.55. The van der Waals surface area contributed by atoms with Crippen LogP contribution in [0.1, 0.15) is 18.6 Å². The van der Waals surface area contributed by atoms with Gasteiger partial charge in [0.1, 0.15) is 10.9 Å². The topological polar surface area (TPSA) is 83.7 Å². The molecule has 1 amide bonds. The summed E-state index contributed by atoms with van der Waals surface area (Å²) in [6.45, 7) is 1.66. The second-order valence-corrected chi connectivity index (χ2v) is 7.29. The highest BCUT2D eigenvalue weighted by atomic mass is 32.2. The van der Waals surface area contributed by atoms with Crippen molar-refractivity contribution in [3.63, 3.8) is 0 Å². The van der Waals surface area contributed by atoms with Crippen LogP contribution in [0.5, 0.6) is 0 Å². The third-order valence-electron chi connectivity index (χ3n) is 4.20. The Balaban J connectivity index is 2.03. The Morgan fingerprint density at radius 3 is 2.67 bits per heavy atom.